The number of nitrogens with one attached hydrogen (secondary N) is 1. The van der Waals surface area contributed by atoms with E-state index in [1.54, 1.807) is 6.07 Å². The molecule has 0 amide bonds. The molecule has 0 bridgehead atoms. The fourth-order valence-corrected chi connectivity index (χ4v) is 3.33. The summed E-state index contributed by atoms with van der Waals surface area (Å²) in [6.07, 6.45) is 2.05. The third-order valence-electron chi connectivity index (χ3n) is 3.99. The van der Waals surface area contributed by atoms with Crippen molar-refractivity contribution in [3.8, 4) is 0 Å². The largest absolute Gasteiger partial charge is 0.315 e. The first kappa shape index (κ1) is 13.8. The van der Waals surface area contributed by atoms with Gasteiger partial charge in [0.15, 0.2) is 0 Å². The fourth-order valence-electron chi connectivity index (χ4n) is 2.90. The SMILES string of the molecule is Fc1ccc(CC2(Cc3ccccc3)CNC2)cc1Br. The number of hydrogen-bond acceptors (Lipinski definition) is 1. The van der Waals surface area contributed by atoms with Gasteiger partial charge in [0.1, 0.15) is 5.82 Å². The van der Waals surface area contributed by atoms with Crippen LogP contribution >= 0.6 is 15.9 Å². The van der Waals surface area contributed by atoms with Crippen LogP contribution < -0.4 is 5.32 Å². The van der Waals surface area contributed by atoms with Gasteiger partial charge in [0.25, 0.3) is 0 Å². The summed E-state index contributed by atoms with van der Waals surface area (Å²) < 4.78 is 13.9. The van der Waals surface area contributed by atoms with Crippen molar-refractivity contribution in [1.29, 1.82) is 0 Å². The zero-order valence-electron chi connectivity index (χ0n) is 11.2. The zero-order valence-corrected chi connectivity index (χ0v) is 12.8. The lowest BCUT2D eigenvalue weighted by molar-refractivity contribution is 0.166. The summed E-state index contributed by atoms with van der Waals surface area (Å²) in [4.78, 5) is 0. The van der Waals surface area contributed by atoms with Crippen LogP contribution in [0.1, 0.15) is 11.1 Å². The average molecular weight is 334 g/mol. The van der Waals surface area contributed by atoms with E-state index < -0.39 is 0 Å². The van der Waals surface area contributed by atoms with Gasteiger partial charge in [-0.25, -0.2) is 4.39 Å². The highest BCUT2D eigenvalue weighted by molar-refractivity contribution is 9.10. The molecule has 0 spiro atoms. The predicted molar refractivity (Wildman–Crippen MR) is 83.3 cm³/mol. The highest BCUT2D eigenvalue weighted by Gasteiger charge is 2.37. The van der Waals surface area contributed by atoms with Gasteiger partial charge >= 0.3 is 0 Å². The van der Waals surface area contributed by atoms with Crippen LogP contribution in [0.2, 0.25) is 0 Å². The summed E-state index contributed by atoms with van der Waals surface area (Å²) in [5.74, 6) is -0.197. The van der Waals surface area contributed by atoms with Crippen molar-refractivity contribution in [3.05, 3.63) is 69.9 Å². The molecule has 0 aromatic heterocycles. The molecule has 1 fully saturated rings. The van der Waals surface area contributed by atoms with Gasteiger partial charge in [0, 0.05) is 18.5 Å². The van der Waals surface area contributed by atoms with Crippen LogP contribution in [0, 0.1) is 11.2 Å². The second-order valence-corrected chi connectivity index (χ2v) is 6.55. The minimum absolute atomic E-state index is 0.197. The van der Waals surface area contributed by atoms with Gasteiger partial charge in [0.05, 0.1) is 4.47 Å². The van der Waals surface area contributed by atoms with Gasteiger partial charge < -0.3 is 5.32 Å². The maximum atomic E-state index is 13.3. The van der Waals surface area contributed by atoms with Gasteiger partial charge in [-0.2, -0.15) is 0 Å². The van der Waals surface area contributed by atoms with E-state index in [1.165, 1.54) is 11.1 Å². The maximum Gasteiger partial charge on any atom is 0.137 e. The zero-order chi connectivity index (χ0) is 14.0. The van der Waals surface area contributed by atoms with Gasteiger partial charge in [-0.05, 0) is 52.0 Å². The van der Waals surface area contributed by atoms with E-state index in [0.717, 1.165) is 25.9 Å². The number of rotatable bonds is 4. The summed E-state index contributed by atoms with van der Waals surface area (Å²) in [7, 11) is 0. The topological polar surface area (TPSA) is 12.0 Å². The van der Waals surface area contributed by atoms with Crippen LogP contribution in [-0.2, 0) is 12.8 Å². The lowest BCUT2D eigenvalue weighted by atomic mass is 9.72. The van der Waals surface area contributed by atoms with Gasteiger partial charge in [0.2, 0.25) is 0 Å². The molecule has 1 heterocycles. The van der Waals surface area contributed by atoms with Crippen LogP contribution in [0.15, 0.2) is 53.0 Å². The summed E-state index contributed by atoms with van der Waals surface area (Å²) in [6.45, 7) is 2.05. The third-order valence-corrected chi connectivity index (χ3v) is 4.59. The molecule has 0 aliphatic carbocycles. The number of benzene rings is 2. The quantitative estimate of drug-likeness (QED) is 0.892. The van der Waals surface area contributed by atoms with Crippen molar-refractivity contribution < 1.29 is 4.39 Å². The van der Waals surface area contributed by atoms with Crippen molar-refractivity contribution in [3.63, 3.8) is 0 Å². The molecule has 1 nitrogen and oxygen atoms in total. The third kappa shape index (κ3) is 2.94. The molecule has 104 valence electrons. The monoisotopic (exact) mass is 333 g/mol. The molecule has 1 aliphatic heterocycles. The fraction of sp³-hybridized carbons (Fsp3) is 0.294. The smallest absolute Gasteiger partial charge is 0.137 e. The van der Waals surface area contributed by atoms with Crippen LogP contribution in [0.3, 0.4) is 0 Å². The molecule has 3 rings (SSSR count). The molecule has 2 aromatic rings. The summed E-state index contributed by atoms with van der Waals surface area (Å²) in [5.41, 5.74) is 2.82. The molecule has 2 aromatic carbocycles. The predicted octanol–water partition coefficient (Wildman–Crippen LogP) is 3.96. The van der Waals surface area contributed by atoms with E-state index >= 15 is 0 Å². The summed E-state index contributed by atoms with van der Waals surface area (Å²) in [5, 5.41) is 3.38. The minimum atomic E-state index is -0.197. The summed E-state index contributed by atoms with van der Waals surface area (Å²) in [6, 6.07) is 15.9. The molecule has 1 saturated heterocycles. The molecular weight excluding hydrogens is 317 g/mol. The standard InChI is InChI=1S/C17H17BrFN/c18-15-8-14(6-7-16(15)19)10-17(11-20-12-17)9-13-4-2-1-3-5-13/h1-8,20H,9-12H2. The Morgan fingerprint density at radius 2 is 1.70 bits per heavy atom. The Morgan fingerprint density at radius 1 is 1.00 bits per heavy atom. The van der Waals surface area contributed by atoms with Crippen molar-refractivity contribution in [2.24, 2.45) is 5.41 Å². The first-order valence-electron chi connectivity index (χ1n) is 6.86. The Hall–Kier alpha value is -1.19. The minimum Gasteiger partial charge on any atom is -0.315 e. The van der Waals surface area contributed by atoms with E-state index in [-0.39, 0.29) is 11.2 Å². The first-order chi connectivity index (χ1) is 9.67. The first-order valence-corrected chi connectivity index (χ1v) is 7.65. The molecule has 1 N–H and O–H groups in total. The highest BCUT2D eigenvalue weighted by atomic mass is 79.9. The summed E-state index contributed by atoms with van der Waals surface area (Å²) >= 11 is 3.27. The van der Waals surface area contributed by atoms with Crippen LogP contribution in [0.5, 0.6) is 0 Å². The molecule has 3 heteroatoms. The maximum absolute atomic E-state index is 13.3. The Balaban J connectivity index is 1.77. The highest BCUT2D eigenvalue weighted by Crippen LogP contribution is 2.33. The Morgan fingerprint density at radius 3 is 2.30 bits per heavy atom. The van der Waals surface area contributed by atoms with E-state index in [0.29, 0.717) is 4.47 Å². The molecule has 20 heavy (non-hydrogen) atoms. The molecule has 0 unspecified atom stereocenters. The molecule has 0 radical (unpaired) electrons. The van der Waals surface area contributed by atoms with Crippen molar-refractivity contribution in [2.75, 3.05) is 13.1 Å². The van der Waals surface area contributed by atoms with Crippen LogP contribution in [-0.4, -0.2) is 13.1 Å². The second-order valence-electron chi connectivity index (χ2n) is 5.69. The van der Waals surface area contributed by atoms with E-state index in [4.69, 9.17) is 0 Å². The Labute approximate surface area is 127 Å². The van der Waals surface area contributed by atoms with Gasteiger partial charge in [-0.1, -0.05) is 36.4 Å². The normalized spacial score (nSPS) is 16.7. The lowest BCUT2D eigenvalue weighted by Gasteiger charge is -2.43. The van der Waals surface area contributed by atoms with E-state index in [1.807, 2.05) is 18.2 Å². The lowest BCUT2D eigenvalue weighted by Crippen LogP contribution is -2.56. The molecule has 0 saturated carbocycles. The van der Waals surface area contributed by atoms with Crippen molar-refractivity contribution in [1.82, 2.24) is 5.32 Å². The van der Waals surface area contributed by atoms with Gasteiger partial charge in [-0.15, -0.1) is 0 Å². The Bertz CT molecular complexity index is 593. The van der Waals surface area contributed by atoms with Crippen LogP contribution in [0.4, 0.5) is 4.39 Å². The van der Waals surface area contributed by atoms with E-state index in [9.17, 15) is 4.39 Å². The average Bonchev–Trinajstić information content (AvgIpc) is 2.41. The second kappa shape index (κ2) is 5.66. The molecule has 0 atom stereocenters. The van der Waals surface area contributed by atoms with Crippen molar-refractivity contribution in [2.45, 2.75) is 12.8 Å². The van der Waals surface area contributed by atoms with E-state index in [2.05, 4.69) is 45.5 Å². The van der Waals surface area contributed by atoms with Gasteiger partial charge in [-0.3, -0.25) is 0 Å². The molecular formula is C17H17BrFN. The molecule has 1 aliphatic rings. The van der Waals surface area contributed by atoms with Crippen LogP contribution in [0.25, 0.3) is 0 Å². The number of hydrogen-bond donors (Lipinski definition) is 1. The number of halogens is 2. The Kier molecular flexibility index (Phi) is 3.90. The van der Waals surface area contributed by atoms with Crippen molar-refractivity contribution >= 4 is 15.9 Å².